The Morgan fingerprint density at radius 1 is 1.33 bits per heavy atom. The van der Waals surface area contributed by atoms with Gasteiger partial charge in [0.1, 0.15) is 0 Å². The number of aromatic nitrogens is 1. The minimum Gasteiger partial charge on any atom is -0.364 e. The van der Waals surface area contributed by atoms with Crippen molar-refractivity contribution in [3.05, 3.63) is 40.2 Å². The van der Waals surface area contributed by atoms with Gasteiger partial charge in [-0.2, -0.15) is 0 Å². The van der Waals surface area contributed by atoms with Gasteiger partial charge >= 0.3 is 0 Å². The number of nitrogens with zero attached hydrogens (tertiary/aromatic N) is 1. The first-order chi connectivity index (χ1) is 7.16. The second-order valence-electron chi connectivity index (χ2n) is 3.27. The minimum atomic E-state index is -0.474. The number of primary amides is 1. The predicted molar refractivity (Wildman–Crippen MR) is 60.8 cm³/mol. The van der Waals surface area contributed by atoms with E-state index < -0.39 is 5.91 Å². The Hall–Kier alpha value is -1.68. The third-order valence-electron chi connectivity index (χ3n) is 2.06. The molecule has 1 aromatic carbocycles. The molecule has 0 atom stereocenters. The lowest BCUT2D eigenvalue weighted by Gasteiger charge is -1.96. The lowest BCUT2D eigenvalue weighted by molar-refractivity contribution is 0.1000. The van der Waals surface area contributed by atoms with Crippen molar-refractivity contribution in [2.24, 2.45) is 5.73 Å². The molecule has 1 heterocycles. The molecule has 0 aliphatic carbocycles. The molecule has 0 radical (unpaired) electrons. The monoisotopic (exact) mass is 218 g/mol. The largest absolute Gasteiger partial charge is 0.364 e. The van der Waals surface area contributed by atoms with Gasteiger partial charge in [-0.15, -0.1) is 11.3 Å². The van der Waals surface area contributed by atoms with Crippen LogP contribution in [0.15, 0.2) is 29.6 Å². The van der Waals surface area contributed by atoms with Gasteiger partial charge in [-0.3, -0.25) is 4.79 Å². The SMILES string of the molecule is Cc1ccc(-c2csc(C(N)=O)n2)cc1. The van der Waals surface area contributed by atoms with Gasteiger partial charge in [0.25, 0.3) is 5.91 Å². The van der Waals surface area contributed by atoms with Crippen LogP contribution in [0.1, 0.15) is 15.4 Å². The predicted octanol–water partition coefficient (Wildman–Crippen LogP) is 2.22. The highest BCUT2D eigenvalue weighted by molar-refractivity contribution is 7.12. The van der Waals surface area contributed by atoms with Crippen molar-refractivity contribution in [1.29, 1.82) is 0 Å². The van der Waals surface area contributed by atoms with E-state index >= 15 is 0 Å². The number of thiazole rings is 1. The summed E-state index contributed by atoms with van der Waals surface area (Å²) in [7, 11) is 0. The van der Waals surface area contributed by atoms with E-state index in [0.29, 0.717) is 5.01 Å². The van der Waals surface area contributed by atoms with Crippen LogP contribution >= 0.6 is 11.3 Å². The van der Waals surface area contributed by atoms with Crippen molar-refractivity contribution in [2.45, 2.75) is 6.92 Å². The molecule has 1 aromatic heterocycles. The van der Waals surface area contributed by atoms with E-state index in [9.17, 15) is 4.79 Å². The maximum absolute atomic E-state index is 10.9. The molecule has 2 aromatic rings. The van der Waals surface area contributed by atoms with E-state index in [1.807, 2.05) is 36.6 Å². The summed E-state index contributed by atoms with van der Waals surface area (Å²) in [6.45, 7) is 2.03. The summed E-state index contributed by atoms with van der Waals surface area (Å²) in [4.78, 5) is 15.0. The molecule has 0 aliphatic heterocycles. The van der Waals surface area contributed by atoms with Crippen molar-refractivity contribution in [3.8, 4) is 11.3 Å². The normalized spacial score (nSPS) is 10.2. The Morgan fingerprint density at radius 3 is 2.53 bits per heavy atom. The van der Waals surface area contributed by atoms with Gasteiger partial charge in [-0.05, 0) is 6.92 Å². The van der Waals surface area contributed by atoms with Gasteiger partial charge in [0.15, 0.2) is 5.01 Å². The second-order valence-corrected chi connectivity index (χ2v) is 4.13. The number of aryl methyl sites for hydroxylation is 1. The maximum atomic E-state index is 10.9. The van der Waals surface area contributed by atoms with Crippen LogP contribution in [0.3, 0.4) is 0 Å². The van der Waals surface area contributed by atoms with Crippen LogP contribution < -0.4 is 5.73 Å². The fourth-order valence-electron chi connectivity index (χ4n) is 1.24. The summed E-state index contributed by atoms with van der Waals surface area (Å²) in [6.07, 6.45) is 0. The summed E-state index contributed by atoms with van der Waals surface area (Å²) < 4.78 is 0. The molecule has 0 bridgehead atoms. The molecule has 76 valence electrons. The van der Waals surface area contributed by atoms with E-state index in [1.165, 1.54) is 16.9 Å². The number of carbonyl (C=O) groups is 1. The fraction of sp³-hybridized carbons (Fsp3) is 0.0909. The van der Waals surface area contributed by atoms with Gasteiger partial charge in [0.2, 0.25) is 0 Å². The van der Waals surface area contributed by atoms with Crippen LogP contribution in [0.25, 0.3) is 11.3 Å². The molecule has 0 saturated carbocycles. The molecule has 0 saturated heterocycles. The topological polar surface area (TPSA) is 56.0 Å². The molecular weight excluding hydrogens is 208 g/mol. The van der Waals surface area contributed by atoms with Crippen LogP contribution in [0.4, 0.5) is 0 Å². The van der Waals surface area contributed by atoms with E-state index in [4.69, 9.17) is 5.73 Å². The standard InChI is InChI=1S/C11H10N2OS/c1-7-2-4-8(5-3-7)9-6-15-11(13-9)10(12)14/h2-6H,1H3,(H2,12,14). The third-order valence-corrected chi connectivity index (χ3v) is 2.92. The van der Waals surface area contributed by atoms with Crippen molar-refractivity contribution >= 4 is 17.2 Å². The smallest absolute Gasteiger partial charge is 0.277 e. The first-order valence-corrected chi connectivity index (χ1v) is 5.37. The third kappa shape index (κ3) is 2.05. The van der Waals surface area contributed by atoms with Gasteiger partial charge in [-0.1, -0.05) is 29.8 Å². The highest BCUT2D eigenvalue weighted by atomic mass is 32.1. The quantitative estimate of drug-likeness (QED) is 0.840. The Bertz CT molecular complexity index is 488. The molecule has 0 fully saturated rings. The van der Waals surface area contributed by atoms with Crippen molar-refractivity contribution in [1.82, 2.24) is 4.98 Å². The van der Waals surface area contributed by atoms with E-state index in [2.05, 4.69) is 4.98 Å². The molecule has 2 N–H and O–H groups in total. The lowest BCUT2D eigenvalue weighted by Crippen LogP contribution is -2.10. The van der Waals surface area contributed by atoms with Crippen LogP contribution in [0.2, 0.25) is 0 Å². The Balaban J connectivity index is 2.37. The lowest BCUT2D eigenvalue weighted by atomic mass is 10.1. The Labute approximate surface area is 91.6 Å². The minimum absolute atomic E-state index is 0.352. The van der Waals surface area contributed by atoms with Crippen LogP contribution in [0, 0.1) is 6.92 Å². The summed E-state index contributed by atoms with van der Waals surface area (Å²) >= 11 is 1.27. The molecule has 0 spiro atoms. The first-order valence-electron chi connectivity index (χ1n) is 4.49. The first kappa shape index (κ1) is 9.86. The molecule has 4 heteroatoms. The number of nitrogens with two attached hydrogens (primary N) is 1. The van der Waals surface area contributed by atoms with Crippen LogP contribution in [-0.4, -0.2) is 10.9 Å². The molecule has 2 rings (SSSR count). The maximum Gasteiger partial charge on any atom is 0.277 e. The Morgan fingerprint density at radius 2 is 2.00 bits per heavy atom. The van der Waals surface area contributed by atoms with Crippen molar-refractivity contribution in [2.75, 3.05) is 0 Å². The summed E-state index contributed by atoms with van der Waals surface area (Å²) in [6, 6.07) is 7.99. The average molecular weight is 218 g/mol. The molecular formula is C11H10N2OS. The van der Waals surface area contributed by atoms with Crippen LogP contribution in [0.5, 0.6) is 0 Å². The average Bonchev–Trinajstić information content (AvgIpc) is 2.68. The summed E-state index contributed by atoms with van der Waals surface area (Å²) in [5.41, 5.74) is 8.14. The molecule has 1 amide bonds. The zero-order valence-corrected chi connectivity index (χ0v) is 9.04. The zero-order chi connectivity index (χ0) is 10.8. The number of hydrogen-bond donors (Lipinski definition) is 1. The summed E-state index contributed by atoms with van der Waals surface area (Å²) in [5.74, 6) is -0.474. The van der Waals surface area contributed by atoms with Gasteiger partial charge in [-0.25, -0.2) is 4.98 Å². The van der Waals surface area contributed by atoms with E-state index in [0.717, 1.165) is 11.3 Å². The highest BCUT2D eigenvalue weighted by Crippen LogP contribution is 2.21. The fourth-order valence-corrected chi connectivity index (χ4v) is 1.92. The molecule has 3 nitrogen and oxygen atoms in total. The summed E-state index contributed by atoms with van der Waals surface area (Å²) in [5, 5.41) is 2.19. The Kier molecular flexibility index (Phi) is 2.51. The number of amides is 1. The van der Waals surface area contributed by atoms with Crippen molar-refractivity contribution < 1.29 is 4.79 Å². The van der Waals surface area contributed by atoms with Gasteiger partial charge in [0.05, 0.1) is 5.69 Å². The number of rotatable bonds is 2. The molecule has 0 unspecified atom stereocenters. The second kappa shape index (κ2) is 3.82. The number of benzene rings is 1. The van der Waals surface area contributed by atoms with Crippen LogP contribution in [-0.2, 0) is 0 Å². The van der Waals surface area contributed by atoms with E-state index in [-0.39, 0.29) is 0 Å². The van der Waals surface area contributed by atoms with Crippen molar-refractivity contribution in [3.63, 3.8) is 0 Å². The highest BCUT2D eigenvalue weighted by Gasteiger charge is 2.07. The van der Waals surface area contributed by atoms with Gasteiger partial charge < -0.3 is 5.73 Å². The number of hydrogen-bond acceptors (Lipinski definition) is 3. The molecule has 0 aliphatic rings. The zero-order valence-electron chi connectivity index (χ0n) is 8.23. The number of carbonyl (C=O) groups excluding carboxylic acids is 1. The molecule has 15 heavy (non-hydrogen) atoms. The van der Waals surface area contributed by atoms with E-state index in [1.54, 1.807) is 0 Å². The van der Waals surface area contributed by atoms with Gasteiger partial charge in [0, 0.05) is 10.9 Å².